The standard InChI is InChI=1S/C7H7ClN2O2/c1-12-7(11)4-2-5(8)6(9)10-3-4/h2-3H,1H3,(H2,9,10). The number of nitrogens with zero attached hydrogens (tertiary/aromatic N) is 1. The second-order valence-corrected chi connectivity index (χ2v) is 2.49. The van der Waals surface area contributed by atoms with E-state index in [2.05, 4.69) is 9.72 Å². The Kier molecular flexibility index (Phi) is 2.50. The van der Waals surface area contributed by atoms with Gasteiger partial charge in [0, 0.05) is 6.20 Å². The van der Waals surface area contributed by atoms with E-state index in [4.69, 9.17) is 17.3 Å². The summed E-state index contributed by atoms with van der Waals surface area (Å²) in [7, 11) is 1.28. The zero-order valence-electron chi connectivity index (χ0n) is 6.37. The molecule has 64 valence electrons. The minimum Gasteiger partial charge on any atom is -0.465 e. The third-order valence-corrected chi connectivity index (χ3v) is 1.59. The molecule has 0 saturated carbocycles. The van der Waals surface area contributed by atoms with Gasteiger partial charge >= 0.3 is 5.97 Å². The van der Waals surface area contributed by atoms with Gasteiger partial charge in [-0.15, -0.1) is 0 Å². The molecule has 12 heavy (non-hydrogen) atoms. The molecule has 0 aromatic carbocycles. The van der Waals surface area contributed by atoms with Gasteiger partial charge < -0.3 is 10.5 Å². The van der Waals surface area contributed by atoms with Gasteiger partial charge in [-0.1, -0.05) is 11.6 Å². The summed E-state index contributed by atoms with van der Waals surface area (Å²) in [5, 5.41) is 0.248. The third kappa shape index (κ3) is 1.65. The van der Waals surface area contributed by atoms with Crippen LogP contribution in [0.1, 0.15) is 10.4 Å². The lowest BCUT2D eigenvalue weighted by atomic mass is 10.3. The van der Waals surface area contributed by atoms with Gasteiger partial charge in [-0.3, -0.25) is 0 Å². The van der Waals surface area contributed by atoms with Crippen LogP contribution in [0.15, 0.2) is 12.3 Å². The van der Waals surface area contributed by atoms with Crippen molar-refractivity contribution in [2.75, 3.05) is 12.8 Å². The summed E-state index contributed by atoms with van der Waals surface area (Å²) in [4.78, 5) is 14.6. The van der Waals surface area contributed by atoms with Crippen molar-refractivity contribution in [1.29, 1.82) is 0 Å². The Labute approximate surface area is 74.3 Å². The number of methoxy groups -OCH3 is 1. The molecule has 0 atom stereocenters. The largest absolute Gasteiger partial charge is 0.465 e. The molecule has 0 aliphatic rings. The predicted molar refractivity (Wildman–Crippen MR) is 45.0 cm³/mol. The SMILES string of the molecule is COC(=O)c1cnc(N)c(Cl)c1. The molecule has 1 rings (SSSR count). The van der Waals surface area contributed by atoms with Crippen molar-refractivity contribution < 1.29 is 9.53 Å². The van der Waals surface area contributed by atoms with Crippen LogP contribution >= 0.6 is 11.6 Å². The molecule has 5 heteroatoms. The van der Waals surface area contributed by atoms with Gasteiger partial charge in [0.1, 0.15) is 5.82 Å². The fourth-order valence-corrected chi connectivity index (χ4v) is 0.844. The summed E-state index contributed by atoms with van der Waals surface area (Å²) in [6.45, 7) is 0. The molecule has 0 spiro atoms. The number of carbonyl (C=O) groups excluding carboxylic acids is 1. The van der Waals surface area contributed by atoms with Gasteiger partial charge in [-0.05, 0) is 6.07 Å². The van der Waals surface area contributed by atoms with Gasteiger partial charge in [0.15, 0.2) is 0 Å². The number of nitrogens with two attached hydrogens (primary N) is 1. The lowest BCUT2D eigenvalue weighted by Crippen LogP contribution is -2.03. The van der Waals surface area contributed by atoms with Crippen molar-refractivity contribution in [3.8, 4) is 0 Å². The summed E-state index contributed by atoms with van der Waals surface area (Å²) in [6, 6.07) is 1.41. The molecule has 2 N–H and O–H groups in total. The molecule has 1 aromatic rings. The smallest absolute Gasteiger partial charge is 0.339 e. The number of nitrogen functional groups attached to an aromatic ring is 1. The maximum absolute atomic E-state index is 10.9. The number of carbonyl (C=O) groups is 1. The van der Waals surface area contributed by atoms with E-state index >= 15 is 0 Å². The van der Waals surface area contributed by atoms with Crippen LogP contribution in [0.4, 0.5) is 5.82 Å². The van der Waals surface area contributed by atoms with E-state index in [-0.39, 0.29) is 16.4 Å². The Morgan fingerprint density at radius 1 is 1.75 bits per heavy atom. The molecule has 1 heterocycles. The van der Waals surface area contributed by atoms with Crippen molar-refractivity contribution >= 4 is 23.4 Å². The second-order valence-electron chi connectivity index (χ2n) is 2.08. The Morgan fingerprint density at radius 3 is 2.92 bits per heavy atom. The van der Waals surface area contributed by atoms with Crippen LogP contribution < -0.4 is 5.73 Å². The lowest BCUT2D eigenvalue weighted by Gasteiger charge is -2.00. The fourth-order valence-electron chi connectivity index (χ4n) is 0.678. The Balaban J connectivity index is 3.05. The highest BCUT2D eigenvalue weighted by Gasteiger charge is 2.07. The molecule has 0 aliphatic carbocycles. The number of hydrogen-bond donors (Lipinski definition) is 1. The highest BCUT2D eigenvalue weighted by molar-refractivity contribution is 6.33. The molecule has 4 nitrogen and oxygen atoms in total. The number of hydrogen-bond acceptors (Lipinski definition) is 4. The zero-order valence-corrected chi connectivity index (χ0v) is 7.13. The molecule has 0 radical (unpaired) electrons. The van der Waals surface area contributed by atoms with E-state index in [1.54, 1.807) is 0 Å². The highest BCUT2D eigenvalue weighted by atomic mass is 35.5. The van der Waals surface area contributed by atoms with Gasteiger partial charge in [0.05, 0.1) is 17.7 Å². The van der Waals surface area contributed by atoms with Gasteiger partial charge in [0.25, 0.3) is 0 Å². The summed E-state index contributed by atoms with van der Waals surface area (Å²) >= 11 is 5.62. The first kappa shape index (κ1) is 8.80. The minimum absolute atomic E-state index is 0.198. The average molecular weight is 187 g/mol. The topological polar surface area (TPSA) is 65.2 Å². The number of rotatable bonds is 1. The van der Waals surface area contributed by atoms with Crippen LogP contribution in [0, 0.1) is 0 Å². The van der Waals surface area contributed by atoms with Gasteiger partial charge in [-0.25, -0.2) is 9.78 Å². The fraction of sp³-hybridized carbons (Fsp3) is 0.143. The number of ether oxygens (including phenoxy) is 1. The Morgan fingerprint density at radius 2 is 2.42 bits per heavy atom. The van der Waals surface area contributed by atoms with Crippen LogP contribution in [0.3, 0.4) is 0 Å². The number of halogens is 1. The first-order chi connectivity index (χ1) is 5.65. The first-order valence-corrected chi connectivity index (χ1v) is 3.52. The van der Waals surface area contributed by atoms with Crippen molar-refractivity contribution in [3.63, 3.8) is 0 Å². The van der Waals surface area contributed by atoms with Crippen molar-refractivity contribution in [2.45, 2.75) is 0 Å². The van der Waals surface area contributed by atoms with Gasteiger partial charge in [0.2, 0.25) is 0 Å². The van der Waals surface area contributed by atoms with E-state index in [9.17, 15) is 4.79 Å². The molecular formula is C7H7ClN2O2. The number of esters is 1. The summed E-state index contributed by atoms with van der Waals surface area (Å²) in [5.41, 5.74) is 5.62. The van der Waals surface area contributed by atoms with Gasteiger partial charge in [-0.2, -0.15) is 0 Å². The first-order valence-electron chi connectivity index (χ1n) is 3.14. The van der Waals surface area contributed by atoms with Crippen molar-refractivity contribution in [1.82, 2.24) is 4.98 Å². The zero-order chi connectivity index (χ0) is 9.14. The highest BCUT2D eigenvalue weighted by Crippen LogP contribution is 2.16. The van der Waals surface area contributed by atoms with Crippen LogP contribution in [-0.2, 0) is 4.74 Å². The molecule has 0 bridgehead atoms. The maximum Gasteiger partial charge on any atom is 0.339 e. The van der Waals surface area contributed by atoms with Crippen molar-refractivity contribution in [3.05, 3.63) is 22.8 Å². The van der Waals surface area contributed by atoms with E-state index in [0.717, 1.165) is 0 Å². The Hall–Kier alpha value is -1.29. The van der Waals surface area contributed by atoms with Crippen LogP contribution in [0.2, 0.25) is 5.02 Å². The van der Waals surface area contributed by atoms with E-state index in [1.165, 1.54) is 19.4 Å². The van der Waals surface area contributed by atoms with Crippen LogP contribution in [0.5, 0.6) is 0 Å². The molecule has 0 amide bonds. The summed E-state index contributed by atoms with van der Waals surface area (Å²) in [5.74, 6) is -0.284. The predicted octanol–water partition coefficient (Wildman–Crippen LogP) is 1.10. The molecular weight excluding hydrogens is 180 g/mol. The quantitative estimate of drug-likeness (QED) is 0.668. The minimum atomic E-state index is -0.482. The second kappa shape index (κ2) is 3.40. The molecule has 0 saturated heterocycles. The molecule has 0 unspecified atom stereocenters. The number of aromatic nitrogens is 1. The van der Waals surface area contributed by atoms with E-state index in [1.807, 2.05) is 0 Å². The third-order valence-electron chi connectivity index (χ3n) is 1.29. The Bertz CT molecular complexity index is 314. The van der Waals surface area contributed by atoms with Crippen molar-refractivity contribution in [2.24, 2.45) is 0 Å². The van der Waals surface area contributed by atoms with Crippen LogP contribution in [0.25, 0.3) is 0 Å². The monoisotopic (exact) mass is 186 g/mol. The van der Waals surface area contributed by atoms with E-state index in [0.29, 0.717) is 0 Å². The molecule has 0 aliphatic heterocycles. The number of pyridine rings is 1. The molecule has 0 fully saturated rings. The summed E-state index contributed by atoms with van der Waals surface area (Å²) in [6.07, 6.45) is 1.31. The maximum atomic E-state index is 10.9. The van der Waals surface area contributed by atoms with E-state index < -0.39 is 5.97 Å². The molecule has 1 aromatic heterocycles. The van der Waals surface area contributed by atoms with Crippen LogP contribution in [-0.4, -0.2) is 18.1 Å². The average Bonchev–Trinajstić information content (AvgIpc) is 2.08. The lowest BCUT2D eigenvalue weighted by molar-refractivity contribution is 0.0600. The summed E-state index contributed by atoms with van der Waals surface area (Å²) < 4.78 is 4.45. The number of anilines is 1. The normalized spacial score (nSPS) is 9.50.